The molecule has 1 aliphatic carbocycles. The highest BCUT2D eigenvalue weighted by Gasteiger charge is 2.43. The van der Waals surface area contributed by atoms with Crippen molar-refractivity contribution in [1.29, 1.82) is 5.26 Å². The van der Waals surface area contributed by atoms with Gasteiger partial charge in [0, 0.05) is 11.5 Å². The predicted octanol–water partition coefficient (Wildman–Crippen LogP) is 4.96. The van der Waals surface area contributed by atoms with E-state index in [0.717, 1.165) is 18.4 Å². The highest BCUT2D eigenvalue weighted by atomic mass is 16.1. The molecule has 0 unspecified atom stereocenters. The number of hydrogen-bond donors (Lipinski definition) is 0. The molecular formula is C21H21NO. The molecule has 1 saturated carbocycles. The first-order valence-corrected chi connectivity index (χ1v) is 8.09. The van der Waals surface area contributed by atoms with Crippen molar-refractivity contribution in [3.63, 3.8) is 0 Å². The lowest BCUT2D eigenvalue weighted by molar-refractivity contribution is 0.0905. The first-order valence-electron chi connectivity index (χ1n) is 8.09. The number of hydrogen-bond acceptors (Lipinski definition) is 2. The van der Waals surface area contributed by atoms with Gasteiger partial charge in [-0.2, -0.15) is 5.26 Å². The zero-order valence-corrected chi connectivity index (χ0v) is 13.6. The number of carbonyl (C=O) groups excluding carboxylic acids is 1. The van der Waals surface area contributed by atoms with Crippen LogP contribution in [0.5, 0.6) is 0 Å². The van der Waals surface area contributed by atoms with Gasteiger partial charge >= 0.3 is 0 Å². The molecular weight excluding hydrogens is 282 g/mol. The van der Waals surface area contributed by atoms with Gasteiger partial charge in [-0.3, -0.25) is 4.79 Å². The fraction of sp³-hybridized carbons (Fsp3) is 0.333. The summed E-state index contributed by atoms with van der Waals surface area (Å²) in [4.78, 5) is 13.0. The van der Waals surface area contributed by atoms with Crippen molar-refractivity contribution in [3.05, 3.63) is 71.3 Å². The zero-order chi connectivity index (χ0) is 16.4. The maximum absolute atomic E-state index is 13.0. The smallest absolute Gasteiger partial charge is 0.166 e. The van der Waals surface area contributed by atoms with E-state index in [9.17, 15) is 4.79 Å². The molecule has 2 aromatic rings. The van der Waals surface area contributed by atoms with Crippen LogP contribution in [0.2, 0.25) is 0 Å². The number of rotatable bonds is 3. The van der Waals surface area contributed by atoms with Gasteiger partial charge in [-0.15, -0.1) is 0 Å². The molecule has 1 aliphatic rings. The van der Waals surface area contributed by atoms with Crippen molar-refractivity contribution in [3.8, 4) is 6.07 Å². The Morgan fingerprint density at radius 2 is 1.70 bits per heavy atom. The molecule has 0 radical (unpaired) electrons. The molecule has 3 rings (SSSR count). The van der Waals surface area contributed by atoms with Crippen LogP contribution in [0, 0.1) is 22.7 Å². The van der Waals surface area contributed by atoms with Crippen molar-refractivity contribution in [1.82, 2.24) is 0 Å². The summed E-state index contributed by atoms with van der Waals surface area (Å²) in [5.41, 5.74) is 2.79. The minimum absolute atomic E-state index is 0.0142. The first-order chi connectivity index (χ1) is 11.0. The van der Waals surface area contributed by atoms with Gasteiger partial charge in [-0.05, 0) is 41.9 Å². The summed E-state index contributed by atoms with van der Waals surface area (Å²) in [7, 11) is 0. The molecule has 2 heteroatoms. The standard InChI is InChI=1S/C21H21NO/c1-21(2)12-18(16-10-8-15(14-22)9-11-16)19(13-21)20(23)17-6-4-3-5-7-17/h3-11,18-19H,12-13H2,1-2H3/t18-,19+/m1/s1. The molecule has 0 N–H and O–H groups in total. The number of carbonyl (C=O) groups is 1. The number of nitriles is 1. The largest absolute Gasteiger partial charge is 0.294 e. The number of Topliss-reactive ketones (excluding diaryl/α,β-unsaturated/α-hetero) is 1. The van der Waals surface area contributed by atoms with E-state index in [-0.39, 0.29) is 23.0 Å². The second kappa shape index (κ2) is 6.01. The Morgan fingerprint density at radius 3 is 2.30 bits per heavy atom. The summed E-state index contributed by atoms with van der Waals surface area (Å²) >= 11 is 0. The van der Waals surface area contributed by atoms with Gasteiger partial charge in [0.1, 0.15) is 0 Å². The van der Waals surface area contributed by atoms with Gasteiger partial charge in [-0.25, -0.2) is 0 Å². The van der Waals surface area contributed by atoms with E-state index in [2.05, 4.69) is 19.9 Å². The van der Waals surface area contributed by atoms with Crippen LogP contribution >= 0.6 is 0 Å². The van der Waals surface area contributed by atoms with Crippen molar-refractivity contribution in [2.45, 2.75) is 32.6 Å². The molecule has 2 nitrogen and oxygen atoms in total. The molecule has 0 bridgehead atoms. The van der Waals surface area contributed by atoms with Gasteiger partial charge in [0.15, 0.2) is 5.78 Å². The van der Waals surface area contributed by atoms with E-state index in [0.29, 0.717) is 5.56 Å². The highest BCUT2D eigenvalue weighted by Crippen LogP contribution is 2.51. The Morgan fingerprint density at radius 1 is 1.04 bits per heavy atom. The average Bonchev–Trinajstić information content (AvgIpc) is 2.91. The molecule has 0 spiro atoms. The van der Waals surface area contributed by atoms with Crippen LogP contribution in [0.25, 0.3) is 0 Å². The quantitative estimate of drug-likeness (QED) is 0.752. The van der Waals surface area contributed by atoms with E-state index in [1.165, 1.54) is 5.56 Å². The Balaban J connectivity index is 1.93. The number of nitrogens with zero attached hydrogens (tertiary/aromatic N) is 1. The van der Waals surface area contributed by atoms with Crippen LogP contribution in [0.4, 0.5) is 0 Å². The van der Waals surface area contributed by atoms with Gasteiger partial charge in [0.05, 0.1) is 11.6 Å². The maximum Gasteiger partial charge on any atom is 0.166 e. The van der Waals surface area contributed by atoms with Crippen molar-refractivity contribution < 1.29 is 4.79 Å². The molecule has 0 aromatic heterocycles. The summed E-state index contributed by atoms with van der Waals surface area (Å²) in [6.07, 6.45) is 1.91. The normalized spacial score (nSPS) is 22.5. The molecule has 1 fully saturated rings. The van der Waals surface area contributed by atoms with Crippen LogP contribution in [-0.4, -0.2) is 5.78 Å². The average molecular weight is 303 g/mol. The van der Waals surface area contributed by atoms with E-state index in [1.54, 1.807) is 0 Å². The van der Waals surface area contributed by atoms with E-state index < -0.39 is 0 Å². The summed E-state index contributed by atoms with van der Waals surface area (Å²) < 4.78 is 0. The van der Waals surface area contributed by atoms with E-state index in [4.69, 9.17) is 5.26 Å². The van der Waals surface area contributed by atoms with Gasteiger partial charge in [-0.1, -0.05) is 56.3 Å². The zero-order valence-electron chi connectivity index (χ0n) is 13.6. The van der Waals surface area contributed by atoms with E-state index >= 15 is 0 Å². The molecule has 0 heterocycles. The fourth-order valence-electron chi connectivity index (χ4n) is 3.81. The predicted molar refractivity (Wildman–Crippen MR) is 91.2 cm³/mol. The lowest BCUT2D eigenvalue weighted by atomic mass is 9.83. The first kappa shape index (κ1) is 15.5. The number of benzene rings is 2. The Bertz CT molecular complexity index is 738. The van der Waals surface area contributed by atoms with Crippen molar-refractivity contribution in [2.75, 3.05) is 0 Å². The molecule has 0 amide bonds. The Kier molecular flexibility index (Phi) is 4.05. The van der Waals surface area contributed by atoms with Crippen molar-refractivity contribution >= 4 is 5.78 Å². The summed E-state index contributed by atoms with van der Waals surface area (Å²) in [6.45, 7) is 4.48. The van der Waals surface area contributed by atoms with Crippen LogP contribution < -0.4 is 0 Å². The summed E-state index contributed by atoms with van der Waals surface area (Å²) in [6, 6.07) is 19.5. The van der Waals surface area contributed by atoms with Gasteiger partial charge in [0.2, 0.25) is 0 Å². The third kappa shape index (κ3) is 3.19. The second-order valence-electron chi connectivity index (χ2n) is 7.25. The Hall–Kier alpha value is -2.40. The molecule has 2 atom stereocenters. The minimum Gasteiger partial charge on any atom is -0.294 e. The third-order valence-electron chi connectivity index (χ3n) is 4.89. The van der Waals surface area contributed by atoms with Crippen molar-refractivity contribution in [2.24, 2.45) is 11.3 Å². The molecule has 0 saturated heterocycles. The van der Waals surface area contributed by atoms with Crippen LogP contribution in [-0.2, 0) is 0 Å². The van der Waals surface area contributed by atoms with Crippen LogP contribution in [0.1, 0.15) is 54.1 Å². The maximum atomic E-state index is 13.0. The minimum atomic E-state index is 0.0142. The second-order valence-corrected chi connectivity index (χ2v) is 7.25. The highest BCUT2D eigenvalue weighted by molar-refractivity contribution is 5.98. The monoisotopic (exact) mass is 303 g/mol. The Labute approximate surface area is 137 Å². The van der Waals surface area contributed by atoms with Gasteiger partial charge < -0.3 is 0 Å². The van der Waals surface area contributed by atoms with Crippen LogP contribution in [0.15, 0.2) is 54.6 Å². The SMILES string of the molecule is CC1(C)C[C@H](C(=O)c2ccccc2)[C@@H](c2ccc(C#N)cc2)C1. The molecule has 116 valence electrons. The topological polar surface area (TPSA) is 40.9 Å². The molecule has 0 aliphatic heterocycles. The lowest BCUT2D eigenvalue weighted by Crippen LogP contribution is -2.18. The summed E-state index contributed by atoms with van der Waals surface area (Å²) in [5.74, 6) is 0.483. The fourth-order valence-corrected chi connectivity index (χ4v) is 3.81. The molecule has 2 aromatic carbocycles. The van der Waals surface area contributed by atoms with Crippen LogP contribution in [0.3, 0.4) is 0 Å². The molecule has 23 heavy (non-hydrogen) atoms. The third-order valence-corrected chi connectivity index (χ3v) is 4.89. The van der Waals surface area contributed by atoms with Gasteiger partial charge in [0.25, 0.3) is 0 Å². The summed E-state index contributed by atoms with van der Waals surface area (Å²) in [5, 5.41) is 8.96. The number of ketones is 1. The van der Waals surface area contributed by atoms with E-state index in [1.807, 2.05) is 54.6 Å². The lowest BCUT2D eigenvalue weighted by Gasteiger charge is -2.19.